The predicted octanol–water partition coefficient (Wildman–Crippen LogP) is 4.02. The summed E-state index contributed by atoms with van der Waals surface area (Å²) >= 11 is 1.71. The van der Waals surface area contributed by atoms with Crippen LogP contribution in [0.2, 0.25) is 0 Å². The molecule has 0 radical (unpaired) electrons. The fraction of sp³-hybridized carbons (Fsp3) is 0.105. The number of aromatic amines is 1. The molecule has 0 atom stereocenters. The summed E-state index contributed by atoms with van der Waals surface area (Å²) in [4.78, 5) is 1.10. The summed E-state index contributed by atoms with van der Waals surface area (Å²) in [6, 6.07) is 16.1. The van der Waals surface area contributed by atoms with Gasteiger partial charge in [0, 0.05) is 21.2 Å². The van der Waals surface area contributed by atoms with Crippen molar-refractivity contribution in [2.24, 2.45) is 0 Å². The summed E-state index contributed by atoms with van der Waals surface area (Å²) in [6.45, 7) is 0. The number of methoxy groups -OCH3 is 2. The molecule has 6 nitrogen and oxygen atoms in total. The monoisotopic (exact) mass is 364 g/mol. The molecule has 0 aliphatic heterocycles. The highest BCUT2D eigenvalue weighted by Crippen LogP contribution is 2.33. The number of aromatic nitrogens is 4. The lowest BCUT2D eigenvalue weighted by atomic mass is 10.0. The molecule has 0 saturated carbocycles. The van der Waals surface area contributed by atoms with Crippen molar-refractivity contribution >= 4 is 33.1 Å². The van der Waals surface area contributed by atoms with Gasteiger partial charge in [-0.3, -0.25) is 0 Å². The van der Waals surface area contributed by atoms with Gasteiger partial charge in [0.15, 0.2) is 0 Å². The number of nitrogens with one attached hydrogen (secondary N) is 1. The molecule has 26 heavy (non-hydrogen) atoms. The topological polar surface area (TPSA) is 72.9 Å². The lowest BCUT2D eigenvalue weighted by molar-refractivity contribution is 0.394. The Morgan fingerprint density at radius 3 is 2.46 bits per heavy atom. The number of thiophene rings is 1. The smallest absolute Gasteiger partial charge is 0.205 e. The number of benzene rings is 2. The third-order valence-electron chi connectivity index (χ3n) is 3.98. The second kappa shape index (κ2) is 6.97. The van der Waals surface area contributed by atoms with E-state index in [0.717, 1.165) is 16.0 Å². The van der Waals surface area contributed by atoms with Crippen molar-refractivity contribution in [3.8, 4) is 11.5 Å². The maximum Gasteiger partial charge on any atom is 0.205 e. The number of H-pyrrole nitrogens is 1. The van der Waals surface area contributed by atoms with Crippen LogP contribution in [0.15, 0.2) is 48.5 Å². The summed E-state index contributed by atoms with van der Waals surface area (Å²) in [5.41, 5.74) is 1.72. The minimum Gasteiger partial charge on any atom is -0.497 e. The fourth-order valence-electron chi connectivity index (χ4n) is 2.73. The van der Waals surface area contributed by atoms with Crippen LogP contribution in [-0.2, 0) is 0 Å². The average Bonchev–Trinajstić information content (AvgIpc) is 3.34. The van der Waals surface area contributed by atoms with Gasteiger partial charge in [0.1, 0.15) is 11.5 Å². The van der Waals surface area contributed by atoms with Crippen molar-refractivity contribution in [1.29, 1.82) is 0 Å². The van der Waals surface area contributed by atoms with Gasteiger partial charge in [-0.2, -0.15) is 5.21 Å². The summed E-state index contributed by atoms with van der Waals surface area (Å²) in [6.07, 6.45) is 2.06. The van der Waals surface area contributed by atoms with E-state index in [1.165, 1.54) is 10.1 Å². The van der Waals surface area contributed by atoms with E-state index >= 15 is 0 Å². The van der Waals surface area contributed by atoms with Crippen molar-refractivity contribution in [2.75, 3.05) is 14.2 Å². The van der Waals surface area contributed by atoms with E-state index in [0.29, 0.717) is 17.3 Å². The molecular formula is C19H16N4O2S. The first kappa shape index (κ1) is 16.3. The average molecular weight is 364 g/mol. The first-order chi connectivity index (χ1) is 12.8. The fourth-order valence-corrected chi connectivity index (χ4v) is 3.74. The number of hydrogen-bond acceptors (Lipinski definition) is 6. The molecular weight excluding hydrogens is 348 g/mol. The standard InChI is InChI=1S/C19H16N4O2S/c1-24-14-7-13(8-15(10-14)25-2)17(19-20-22-23-21-19)11-16-9-12-5-3-4-6-18(12)26-16/h3-11H,1-2H3,(H,20,21,22,23)/b17-11-. The molecule has 0 saturated heterocycles. The number of ether oxygens (including phenoxy) is 2. The van der Waals surface area contributed by atoms with E-state index in [9.17, 15) is 0 Å². The lowest BCUT2D eigenvalue weighted by Crippen LogP contribution is -1.94. The van der Waals surface area contributed by atoms with Gasteiger partial charge in [0.05, 0.1) is 14.2 Å². The molecule has 0 bridgehead atoms. The molecule has 0 amide bonds. The van der Waals surface area contributed by atoms with Gasteiger partial charge in [-0.05, 0) is 46.5 Å². The Kier molecular flexibility index (Phi) is 4.37. The largest absolute Gasteiger partial charge is 0.497 e. The van der Waals surface area contributed by atoms with E-state index < -0.39 is 0 Å². The third kappa shape index (κ3) is 3.16. The second-order valence-corrected chi connectivity index (χ2v) is 6.70. The minimum atomic E-state index is 0.512. The van der Waals surface area contributed by atoms with Crippen LogP contribution in [0.1, 0.15) is 16.3 Å². The van der Waals surface area contributed by atoms with E-state index in [-0.39, 0.29) is 0 Å². The molecule has 1 N–H and O–H groups in total. The van der Waals surface area contributed by atoms with Crippen LogP contribution in [0.3, 0.4) is 0 Å². The Morgan fingerprint density at radius 1 is 1.04 bits per heavy atom. The zero-order valence-electron chi connectivity index (χ0n) is 14.3. The van der Waals surface area contributed by atoms with Crippen molar-refractivity contribution < 1.29 is 9.47 Å². The van der Waals surface area contributed by atoms with E-state index in [1.807, 2.05) is 30.3 Å². The van der Waals surface area contributed by atoms with Crippen LogP contribution >= 0.6 is 11.3 Å². The van der Waals surface area contributed by atoms with Crippen LogP contribution in [0.5, 0.6) is 11.5 Å². The maximum atomic E-state index is 5.39. The lowest BCUT2D eigenvalue weighted by Gasteiger charge is -2.09. The van der Waals surface area contributed by atoms with Crippen LogP contribution in [0.4, 0.5) is 0 Å². The molecule has 0 aliphatic carbocycles. The van der Waals surface area contributed by atoms with Gasteiger partial charge >= 0.3 is 0 Å². The van der Waals surface area contributed by atoms with Gasteiger partial charge in [-0.25, -0.2) is 0 Å². The molecule has 0 spiro atoms. The number of tetrazole rings is 1. The van der Waals surface area contributed by atoms with Crippen molar-refractivity contribution in [1.82, 2.24) is 20.6 Å². The normalized spacial score (nSPS) is 11.7. The molecule has 4 rings (SSSR count). The molecule has 130 valence electrons. The van der Waals surface area contributed by atoms with Crippen LogP contribution in [0.25, 0.3) is 21.7 Å². The van der Waals surface area contributed by atoms with E-state index in [1.54, 1.807) is 25.6 Å². The summed E-state index contributed by atoms with van der Waals surface area (Å²) in [5.74, 6) is 1.91. The van der Waals surface area contributed by atoms with Gasteiger partial charge < -0.3 is 9.47 Å². The van der Waals surface area contributed by atoms with Crippen molar-refractivity contribution in [3.63, 3.8) is 0 Å². The molecule has 7 heteroatoms. The Hall–Kier alpha value is -3.19. The SMILES string of the molecule is COc1cc(OC)cc(/C(=C/c2cc3ccccc3s2)c2nn[nH]n2)c1. The predicted molar refractivity (Wildman–Crippen MR) is 103 cm³/mol. The highest BCUT2D eigenvalue weighted by atomic mass is 32.1. The number of hydrogen-bond donors (Lipinski definition) is 1. The first-order valence-electron chi connectivity index (χ1n) is 7.94. The molecule has 4 aromatic rings. The molecule has 0 unspecified atom stereocenters. The Bertz CT molecular complexity index is 1020. The Balaban J connectivity index is 1.88. The molecule has 2 aromatic heterocycles. The summed E-state index contributed by atoms with van der Waals surface area (Å²) in [5, 5.41) is 15.8. The van der Waals surface area contributed by atoms with Gasteiger partial charge in [-0.15, -0.1) is 21.5 Å². The quantitative estimate of drug-likeness (QED) is 0.579. The molecule has 0 aliphatic rings. The van der Waals surface area contributed by atoms with Gasteiger partial charge in [0.25, 0.3) is 0 Å². The second-order valence-electron chi connectivity index (χ2n) is 5.58. The van der Waals surface area contributed by atoms with Crippen LogP contribution in [-0.4, -0.2) is 34.8 Å². The van der Waals surface area contributed by atoms with Crippen LogP contribution < -0.4 is 9.47 Å². The number of nitrogens with zero attached hydrogens (tertiary/aromatic N) is 3. The van der Waals surface area contributed by atoms with Gasteiger partial charge in [-0.1, -0.05) is 18.2 Å². The van der Waals surface area contributed by atoms with Crippen molar-refractivity contribution in [3.05, 3.63) is 64.8 Å². The number of fused-ring (bicyclic) bond motifs is 1. The van der Waals surface area contributed by atoms with E-state index in [2.05, 4.69) is 44.9 Å². The van der Waals surface area contributed by atoms with Gasteiger partial charge in [0.2, 0.25) is 5.82 Å². The number of rotatable bonds is 5. The first-order valence-corrected chi connectivity index (χ1v) is 8.76. The minimum absolute atomic E-state index is 0.512. The van der Waals surface area contributed by atoms with Crippen LogP contribution in [0, 0.1) is 0 Å². The van der Waals surface area contributed by atoms with Crippen molar-refractivity contribution in [2.45, 2.75) is 0 Å². The van der Waals surface area contributed by atoms with E-state index in [4.69, 9.17) is 9.47 Å². The maximum absolute atomic E-state index is 5.39. The molecule has 2 aromatic carbocycles. The Morgan fingerprint density at radius 2 is 1.81 bits per heavy atom. The zero-order valence-corrected chi connectivity index (χ0v) is 15.1. The Labute approximate surface area is 154 Å². The molecule has 2 heterocycles. The highest BCUT2D eigenvalue weighted by Gasteiger charge is 2.14. The highest BCUT2D eigenvalue weighted by molar-refractivity contribution is 7.19. The third-order valence-corrected chi connectivity index (χ3v) is 5.04. The zero-order chi connectivity index (χ0) is 17.9. The molecule has 0 fully saturated rings. The summed E-state index contributed by atoms with van der Waals surface area (Å²) < 4.78 is 12.0. The summed E-state index contributed by atoms with van der Waals surface area (Å²) in [7, 11) is 3.25.